The van der Waals surface area contributed by atoms with Gasteiger partial charge in [-0.25, -0.2) is 4.39 Å². The molecule has 0 aliphatic carbocycles. The molecular weight excluding hydrogens is 297 g/mol. The Labute approximate surface area is 144 Å². The summed E-state index contributed by atoms with van der Waals surface area (Å²) < 4.78 is 14.4. The molecule has 0 fully saturated rings. The van der Waals surface area contributed by atoms with E-state index in [-0.39, 0.29) is 5.82 Å². The molecule has 0 aromatic heterocycles. The predicted octanol–water partition coefficient (Wildman–Crippen LogP) is 6.13. The summed E-state index contributed by atoms with van der Waals surface area (Å²) in [5.41, 5.74) is 4.44. The van der Waals surface area contributed by atoms with Crippen molar-refractivity contribution in [3.05, 3.63) is 96.0 Å². The summed E-state index contributed by atoms with van der Waals surface area (Å²) in [5, 5.41) is 0. The second-order valence-corrected chi connectivity index (χ2v) is 5.18. The molecule has 0 spiro atoms. The Kier molecular flexibility index (Phi) is 6.14. The van der Waals surface area contributed by atoms with E-state index in [1.807, 2.05) is 75.4 Å². The molecule has 24 heavy (non-hydrogen) atoms. The number of halogens is 1. The average molecular weight is 321 g/mol. The van der Waals surface area contributed by atoms with Crippen LogP contribution in [0.4, 0.5) is 4.39 Å². The van der Waals surface area contributed by atoms with Gasteiger partial charge in [0.2, 0.25) is 0 Å². The first-order chi connectivity index (χ1) is 11.7. The van der Waals surface area contributed by atoms with Gasteiger partial charge in [-0.3, -0.25) is 0 Å². The van der Waals surface area contributed by atoms with Gasteiger partial charge in [0.1, 0.15) is 5.82 Å². The van der Waals surface area contributed by atoms with Gasteiger partial charge in [0.15, 0.2) is 0 Å². The molecule has 1 nitrogen and oxygen atoms in total. The largest absolute Gasteiger partial charge is 0.341 e. The topological polar surface area (TPSA) is 3.24 Å². The molecule has 2 aromatic carbocycles. The molecule has 0 atom stereocenters. The summed E-state index contributed by atoms with van der Waals surface area (Å²) >= 11 is 0. The molecular formula is C22H24FN. The van der Waals surface area contributed by atoms with E-state index in [1.54, 1.807) is 6.07 Å². The maximum Gasteiger partial charge on any atom is 0.132 e. The first-order valence-electron chi connectivity index (χ1n) is 8.41. The zero-order valence-electron chi connectivity index (χ0n) is 14.6. The third kappa shape index (κ3) is 3.48. The molecule has 1 heterocycles. The van der Waals surface area contributed by atoms with E-state index in [0.29, 0.717) is 5.56 Å². The van der Waals surface area contributed by atoms with E-state index in [0.717, 1.165) is 29.1 Å². The molecule has 0 amide bonds. The van der Waals surface area contributed by atoms with E-state index in [1.165, 1.54) is 6.07 Å². The van der Waals surface area contributed by atoms with E-state index in [2.05, 4.69) is 11.5 Å². The summed E-state index contributed by atoms with van der Waals surface area (Å²) in [7, 11) is 0. The number of hydrogen-bond donors (Lipinski definition) is 0. The van der Waals surface area contributed by atoms with Crippen molar-refractivity contribution >= 4 is 11.3 Å². The maximum absolute atomic E-state index is 14.4. The predicted molar refractivity (Wildman–Crippen MR) is 102 cm³/mol. The highest BCUT2D eigenvalue weighted by Gasteiger charge is 2.22. The molecule has 0 unspecified atom stereocenters. The Morgan fingerprint density at radius 3 is 2.17 bits per heavy atom. The van der Waals surface area contributed by atoms with Gasteiger partial charge >= 0.3 is 0 Å². The van der Waals surface area contributed by atoms with Gasteiger partial charge in [-0.15, -0.1) is 0 Å². The molecule has 1 aliphatic rings. The summed E-state index contributed by atoms with van der Waals surface area (Å²) in [6.45, 7) is 10.9. The van der Waals surface area contributed by atoms with Crippen LogP contribution in [-0.2, 0) is 0 Å². The van der Waals surface area contributed by atoms with Gasteiger partial charge < -0.3 is 4.90 Å². The van der Waals surface area contributed by atoms with Crippen molar-refractivity contribution in [1.82, 2.24) is 4.90 Å². The van der Waals surface area contributed by atoms with Crippen LogP contribution in [-0.4, -0.2) is 11.4 Å². The Morgan fingerprint density at radius 1 is 0.917 bits per heavy atom. The quantitative estimate of drug-likeness (QED) is 0.657. The number of rotatable bonds is 3. The smallest absolute Gasteiger partial charge is 0.132 e. The maximum atomic E-state index is 14.4. The summed E-state index contributed by atoms with van der Waals surface area (Å²) in [6, 6.07) is 17.0. The van der Waals surface area contributed by atoms with Gasteiger partial charge in [-0.05, 0) is 30.7 Å². The van der Waals surface area contributed by atoms with E-state index >= 15 is 0 Å². The monoisotopic (exact) mass is 321 g/mol. The van der Waals surface area contributed by atoms with Crippen LogP contribution < -0.4 is 0 Å². The van der Waals surface area contributed by atoms with Crippen LogP contribution in [0.15, 0.2) is 79.0 Å². The number of hydrogen-bond acceptors (Lipinski definition) is 1. The third-order valence-corrected chi connectivity index (χ3v) is 3.84. The van der Waals surface area contributed by atoms with Crippen LogP contribution >= 0.6 is 0 Å². The van der Waals surface area contributed by atoms with Gasteiger partial charge in [0.05, 0.1) is 5.70 Å². The minimum absolute atomic E-state index is 0.215. The summed E-state index contributed by atoms with van der Waals surface area (Å²) in [6.07, 6.45) is 4.00. The average Bonchev–Trinajstić information content (AvgIpc) is 2.64. The third-order valence-electron chi connectivity index (χ3n) is 3.84. The molecule has 3 rings (SSSR count). The fraction of sp³-hybridized carbons (Fsp3) is 0.182. The Morgan fingerprint density at radius 2 is 1.54 bits per heavy atom. The Balaban J connectivity index is 0.00000100. The van der Waals surface area contributed by atoms with Crippen molar-refractivity contribution in [2.75, 3.05) is 6.54 Å². The highest BCUT2D eigenvalue weighted by atomic mass is 19.1. The van der Waals surface area contributed by atoms with Crippen molar-refractivity contribution in [2.45, 2.75) is 20.8 Å². The minimum atomic E-state index is -0.215. The second kappa shape index (κ2) is 8.30. The van der Waals surface area contributed by atoms with Crippen molar-refractivity contribution < 1.29 is 4.39 Å². The molecule has 124 valence electrons. The van der Waals surface area contributed by atoms with Gasteiger partial charge in [-0.2, -0.15) is 0 Å². The van der Waals surface area contributed by atoms with Crippen LogP contribution in [0.3, 0.4) is 0 Å². The van der Waals surface area contributed by atoms with Crippen molar-refractivity contribution in [2.24, 2.45) is 0 Å². The lowest BCUT2D eigenvalue weighted by atomic mass is 9.94. The first-order valence-corrected chi connectivity index (χ1v) is 8.41. The molecule has 0 bridgehead atoms. The van der Waals surface area contributed by atoms with Crippen LogP contribution in [0.2, 0.25) is 0 Å². The molecule has 0 saturated carbocycles. The van der Waals surface area contributed by atoms with Crippen molar-refractivity contribution in [3.8, 4) is 0 Å². The zero-order chi connectivity index (χ0) is 17.5. The Hall–Kier alpha value is -2.61. The molecule has 0 N–H and O–H groups in total. The fourth-order valence-corrected chi connectivity index (χ4v) is 2.79. The highest BCUT2D eigenvalue weighted by Crippen LogP contribution is 2.37. The van der Waals surface area contributed by atoms with Crippen molar-refractivity contribution in [3.63, 3.8) is 0 Å². The summed E-state index contributed by atoms with van der Waals surface area (Å²) in [5.74, 6) is -0.215. The zero-order valence-corrected chi connectivity index (χ0v) is 14.6. The Bertz CT molecular complexity index is 757. The lowest BCUT2D eigenvalue weighted by molar-refractivity contribution is 0.524. The standard InChI is InChI=1S/C20H18FN.C2H6/c1-3-22-15(2)13-14-17(16-9-5-4-6-10-16)20(22)18-11-7-8-12-19(18)21;1-2/h4-14H,2-3H2,1H3;1-2H3. The number of nitrogens with zero attached hydrogens (tertiary/aromatic N) is 1. The molecule has 1 aliphatic heterocycles. The van der Waals surface area contributed by atoms with Crippen molar-refractivity contribution in [1.29, 1.82) is 0 Å². The van der Waals surface area contributed by atoms with Crippen LogP contribution in [0.1, 0.15) is 31.9 Å². The second-order valence-electron chi connectivity index (χ2n) is 5.18. The minimum Gasteiger partial charge on any atom is -0.341 e. The number of likely N-dealkylation sites (N-methyl/N-ethyl adjacent to an activating group) is 1. The fourth-order valence-electron chi connectivity index (χ4n) is 2.79. The number of allylic oxidation sites excluding steroid dienone is 3. The molecule has 2 aromatic rings. The SMILES string of the molecule is C=C1C=CC(c2ccccc2)=C(c2ccccc2F)N1CC.CC. The van der Waals surface area contributed by atoms with Gasteiger partial charge in [-0.1, -0.05) is 69.0 Å². The van der Waals surface area contributed by atoms with E-state index < -0.39 is 0 Å². The molecule has 2 heteroatoms. The molecule has 0 saturated heterocycles. The summed E-state index contributed by atoms with van der Waals surface area (Å²) in [4.78, 5) is 2.06. The lowest BCUT2D eigenvalue weighted by Gasteiger charge is -2.32. The van der Waals surface area contributed by atoms with Crippen LogP contribution in [0.25, 0.3) is 11.3 Å². The number of benzene rings is 2. The molecule has 0 radical (unpaired) electrons. The first kappa shape index (κ1) is 17.7. The van der Waals surface area contributed by atoms with E-state index in [9.17, 15) is 4.39 Å². The van der Waals surface area contributed by atoms with E-state index in [4.69, 9.17) is 0 Å². The van der Waals surface area contributed by atoms with Crippen LogP contribution in [0.5, 0.6) is 0 Å². The normalized spacial score (nSPS) is 13.7. The van der Waals surface area contributed by atoms with Gasteiger partial charge in [0, 0.05) is 23.4 Å². The lowest BCUT2D eigenvalue weighted by Crippen LogP contribution is -2.23. The van der Waals surface area contributed by atoms with Crippen LogP contribution in [0, 0.1) is 5.82 Å². The van der Waals surface area contributed by atoms with Gasteiger partial charge in [0.25, 0.3) is 0 Å². The highest BCUT2D eigenvalue weighted by molar-refractivity contribution is 5.97.